The van der Waals surface area contributed by atoms with Gasteiger partial charge in [-0.3, -0.25) is 4.79 Å². The molecule has 0 N–H and O–H groups in total. The zero-order valence-electron chi connectivity index (χ0n) is 8.55. The summed E-state index contributed by atoms with van der Waals surface area (Å²) in [6.45, 7) is 5.51. The van der Waals surface area contributed by atoms with Gasteiger partial charge in [-0.25, -0.2) is 0 Å². The molecule has 2 aromatic rings. The summed E-state index contributed by atoms with van der Waals surface area (Å²) in [5.74, 6) is 0.414. The topological polar surface area (TPSA) is 30.2 Å². The molecule has 0 aliphatic heterocycles. The van der Waals surface area contributed by atoms with Gasteiger partial charge in [-0.05, 0) is 31.0 Å². The van der Waals surface area contributed by atoms with E-state index in [9.17, 15) is 4.79 Å². The minimum atomic E-state index is -0.0278. The molecule has 0 atom stereocenters. The van der Waals surface area contributed by atoms with Gasteiger partial charge in [0.05, 0.1) is 0 Å². The van der Waals surface area contributed by atoms with Crippen LogP contribution in [0.2, 0.25) is 0 Å². The van der Waals surface area contributed by atoms with Crippen LogP contribution in [0.3, 0.4) is 0 Å². The molecule has 0 unspecified atom stereocenters. The Morgan fingerprint density at radius 2 is 1.86 bits per heavy atom. The Balaban J connectivity index is 2.82. The molecular formula is C12H12O2. The van der Waals surface area contributed by atoms with Crippen molar-refractivity contribution in [1.82, 2.24) is 0 Å². The van der Waals surface area contributed by atoms with Crippen LogP contribution in [0.1, 0.15) is 28.6 Å². The molecule has 2 nitrogen and oxygen atoms in total. The average Bonchev–Trinajstić information content (AvgIpc) is 2.57. The maximum atomic E-state index is 11.1. The SMILES string of the molecule is CC(=O)c1cc2c(C)ccc(C)c2o1. The third-order valence-electron chi connectivity index (χ3n) is 2.45. The lowest BCUT2D eigenvalue weighted by Gasteiger charge is -1.96. The van der Waals surface area contributed by atoms with Crippen LogP contribution in [0.4, 0.5) is 0 Å². The summed E-state index contributed by atoms with van der Waals surface area (Å²) in [4.78, 5) is 11.1. The lowest BCUT2D eigenvalue weighted by molar-refractivity contribution is 0.0989. The first-order valence-corrected chi connectivity index (χ1v) is 4.60. The molecule has 0 radical (unpaired) electrons. The summed E-state index contributed by atoms with van der Waals surface area (Å²) in [5, 5.41) is 1.04. The fourth-order valence-electron chi connectivity index (χ4n) is 1.57. The van der Waals surface area contributed by atoms with Crippen LogP contribution in [0.25, 0.3) is 11.0 Å². The summed E-state index contributed by atoms with van der Waals surface area (Å²) in [6, 6.07) is 5.86. The molecule has 2 heteroatoms. The molecule has 0 amide bonds. The van der Waals surface area contributed by atoms with Gasteiger partial charge in [0.2, 0.25) is 0 Å². The number of carbonyl (C=O) groups is 1. The van der Waals surface area contributed by atoms with Gasteiger partial charge in [-0.1, -0.05) is 12.1 Å². The Kier molecular flexibility index (Phi) is 1.92. The standard InChI is InChI=1S/C12H12O2/c1-7-4-5-8(2)12-10(7)6-11(14-12)9(3)13/h4-6H,1-3H3. The van der Waals surface area contributed by atoms with E-state index in [0.717, 1.165) is 22.1 Å². The van der Waals surface area contributed by atoms with Crippen LogP contribution in [-0.2, 0) is 0 Å². The summed E-state index contributed by atoms with van der Waals surface area (Å²) in [7, 11) is 0. The molecule has 0 saturated heterocycles. The predicted octanol–water partition coefficient (Wildman–Crippen LogP) is 3.25. The molecule has 1 aromatic heterocycles. The number of ketones is 1. The molecule has 0 aliphatic rings. The largest absolute Gasteiger partial charge is 0.453 e. The Labute approximate surface area is 82.5 Å². The first kappa shape index (κ1) is 9.00. The second-order valence-corrected chi connectivity index (χ2v) is 3.61. The van der Waals surface area contributed by atoms with Crippen LogP contribution < -0.4 is 0 Å². The van der Waals surface area contributed by atoms with Crippen LogP contribution in [0.15, 0.2) is 22.6 Å². The number of furan rings is 1. The highest BCUT2D eigenvalue weighted by Gasteiger charge is 2.10. The van der Waals surface area contributed by atoms with Gasteiger partial charge in [0.1, 0.15) is 5.58 Å². The molecule has 0 aliphatic carbocycles. The van der Waals surface area contributed by atoms with Crippen molar-refractivity contribution in [2.45, 2.75) is 20.8 Å². The van der Waals surface area contributed by atoms with Crippen molar-refractivity contribution in [3.8, 4) is 0 Å². The molecule has 14 heavy (non-hydrogen) atoms. The lowest BCUT2D eigenvalue weighted by atomic mass is 10.1. The van der Waals surface area contributed by atoms with Crippen molar-refractivity contribution in [1.29, 1.82) is 0 Å². The summed E-state index contributed by atoms with van der Waals surface area (Å²) in [6.07, 6.45) is 0. The number of hydrogen-bond donors (Lipinski definition) is 0. The van der Waals surface area contributed by atoms with Crippen molar-refractivity contribution in [2.24, 2.45) is 0 Å². The number of hydrogen-bond acceptors (Lipinski definition) is 2. The second-order valence-electron chi connectivity index (χ2n) is 3.61. The smallest absolute Gasteiger partial charge is 0.194 e. The van der Waals surface area contributed by atoms with Gasteiger partial charge in [-0.15, -0.1) is 0 Å². The average molecular weight is 188 g/mol. The van der Waals surface area contributed by atoms with E-state index in [0.29, 0.717) is 5.76 Å². The Bertz CT molecular complexity index is 467. The number of benzene rings is 1. The zero-order chi connectivity index (χ0) is 10.3. The molecule has 0 fully saturated rings. The monoisotopic (exact) mass is 188 g/mol. The molecule has 72 valence electrons. The Morgan fingerprint density at radius 3 is 2.43 bits per heavy atom. The summed E-state index contributed by atoms with van der Waals surface area (Å²) >= 11 is 0. The third kappa shape index (κ3) is 1.23. The number of Topliss-reactive ketones (excluding diaryl/α,β-unsaturated/α-hetero) is 1. The normalized spacial score (nSPS) is 10.8. The number of carbonyl (C=O) groups excluding carboxylic acids is 1. The Hall–Kier alpha value is -1.57. The first-order valence-electron chi connectivity index (χ1n) is 4.60. The number of fused-ring (bicyclic) bond motifs is 1. The highest BCUT2D eigenvalue weighted by Crippen LogP contribution is 2.25. The van der Waals surface area contributed by atoms with E-state index >= 15 is 0 Å². The van der Waals surface area contributed by atoms with E-state index in [1.165, 1.54) is 6.92 Å². The van der Waals surface area contributed by atoms with Crippen LogP contribution in [0, 0.1) is 13.8 Å². The van der Waals surface area contributed by atoms with Crippen molar-refractivity contribution in [2.75, 3.05) is 0 Å². The molecule has 1 aromatic carbocycles. The molecule has 2 rings (SSSR count). The predicted molar refractivity (Wildman–Crippen MR) is 55.7 cm³/mol. The van der Waals surface area contributed by atoms with E-state index < -0.39 is 0 Å². The van der Waals surface area contributed by atoms with Crippen LogP contribution >= 0.6 is 0 Å². The summed E-state index contributed by atoms with van der Waals surface area (Å²) < 4.78 is 5.49. The van der Waals surface area contributed by atoms with Crippen LogP contribution in [0.5, 0.6) is 0 Å². The van der Waals surface area contributed by atoms with E-state index in [1.807, 2.05) is 32.0 Å². The third-order valence-corrected chi connectivity index (χ3v) is 2.45. The minimum Gasteiger partial charge on any atom is -0.453 e. The number of aryl methyl sites for hydroxylation is 2. The molecular weight excluding hydrogens is 176 g/mol. The molecule has 1 heterocycles. The van der Waals surface area contributed by atoms with Gasteiger partial charge in [0.15, 0.2) is 11.5 Å². The second kappa shape index (κ2) is 2.98. The quantitative estimate of drug-likeness (QED) is 0.643. The fraction of sp³-hybridized carbons (Fsp3) is 0.250. The summed E-state index contributed by atoms with van der Waals surface area (Å²) in [5.41, 5.74) is 3.04. The molecule has 0 spiro atoms. The van der Waals surface area contributed by atoms with Crippen molar-refractivity contribution in [3.63, 3.8) is 0 Å². The molecule has 0 bridgehead atoms. The maximum Gasteiger partial charge on any atom is 0.194 e. The van der Waals surface area contributed by atoms with Gasteiger partial charge < -0.3 is 4.42 Å². The first-order chi connectivity index (χ1) is 6.59. The highest BCUT2D eigenvalue weighted by atomic mass is 16.3. The van der Waals surface area contributed by atoms with E-state index in [2.05, 4.69) is 0 Å². The lowest BCUT2D eigenvalue weighted by Crippen LogP contribution is -1.85. The van der Waals surface area contributed by atoms with Gasteiger partial charge in [-0.2, -0.15) is 0 Å². The Morgan fingerprint density at radius 1 is 1.21 bits per heavy atom. The van der Waals surface area contributed by atoms with E-state index in [1.54, 1.807) is 0 Å². The van der Waals surface area contributed by atoms with Gasteiger partial charge in [0, 0.05) is 12.3 Å². The van der Waals surface area contributed by atoms with Crippen molar-refractivity contribution < 1.29 is 9.21 Å². The van der Waals surface area contributed by atoms with Crippen molar-refractivity contribution in [3.05, 3.63) is 35.1 Å². The zero-order valence-corrected chi connectivity index (χ0v) is 8.55. The highest BCUT2D eigenvalue weighted by molar-refractivity contribution is 5.97. The van der Waals surface area contributed by atoms with E-state index in [-0.39, 0.29) is 5.78 Å². The van der Waals surface area contributed by atoms with Crippen LogP contribution in [-0.4, -0.2) is 5.78 Å². The number of rotatable bonds is 1. The molecule has 0 saturated carbocycles. The van der Waals surface area contributed by atoms with Gasteiger partial charge in [0.25, 0.3) is 0 Å². The minimum absolute atomic E-state index is 0.0278. The van der Waals surface area contributed by atoms with E-state index in [4.69, 9.17) is 4.42 Å². The maximum absolute atomic E-state index is 11.1. The fourth-order valence-corrected chi connectivity index (χ4v) is 1.57. The van der Waals surface area contributed by atoms with Gasteiger partial charge >= 0.3 is 0 Å². The van der Waals surface area contributed by atoms with Crippen molar-refractivity contribution >= 4 is 16.8 Å².